The van der Waals surface area contributed by atoms with Gasteiger partial charge in [0.15, 0.2) is 5.58 Å². The van der Waals surface area contributed by atoms with Gasteiger partial charge in [0.25, 0.3) is 5.22 Å². The minimum absolute atomic E-state index is 0.641. The second kappa shape index (κ2) is 6.06. The molecule has 0 aliphatic rings. The number of fused-ring (bicyclic) bond motifs is 1. The van der Waals surface area contributed by atoms with Crippen LogP contribution in [0.5, 0.6) is 0 Å². The first kappa shape index (κ1) is 14.3. The molecular weight excluding hydrogens is 332 g/mol. The van der Waals surface area contributed by atoms with Gasteiger partial charge in [-0.2, -0.15) is 5.10 Å². The third-order valence-corrected chi connectivity index (χ3v) is 4.45. The zero-order valence-electron chi connectivity index (χ0n) is 11.9. The first-order chi connectivity index (χ1) is 11.3. The van der Waals surface area contributed by atoms with Crippen molar-refractivity contribution in [1.29, 1.82) is 0 Å². The standard InChI is InChI=1S/C16H11ClN4OS/c17-12-3-6-15-14(7-12)20-16(22-15)23-8-11-1-4-13(5-2-11)21-10-18-9-19-21/h1-7,9-10H,8H2. The molecule has 23 heavy (non-hydrogen) atoms. The molecule has 0 bridgehead atoms. The monoisotopic (exact) mass is 342 g/mol. The van der Waals surface area contributed by atoms with Gasteiger partial charge in [0.2, 0.25) is 0 Å². The molecule has 0 spiro atoms. The van der Waals surface area contributed by atoms with Crippen LogP contribution in [0.4, 0.5) is 0 Å². The van der Waals surface area contributed by atoms with E-state index in [-0.39, 0.29) is 0 Å². The van der Waals surface area contributed by atoms with Gasteiger partial charge in [-0.3, -0.25) is 0 Å². The van der Waals surface area contributed by atoms with Crippen molar-refractivity contribution < 1.29 is 4.42 Å². The molecule has 2 aromatic carbocycles. The predicted octanol–water partition coefficient (Wildman–Crippen LogP) is 4.35. The number of hydrogen-bond donors (Lipinski definition) is 0. The van der Waals surface area contributed by atoms with Gasteiger partial charge in [0.05, 0.1) is 5.69 Å². The summed E-state index contributed by atoms with van der Waals surface area (Å²) in [4.78, 5) is 8.38. The van der Waals surface area contributed by atoms with Crippen LogP contribution in [0.1, 0.15) is 5.56 Å². The molecule has 0 aliphatic heterocycles. The molecule has 0 saturated heterocycles. The molecule has 0 fully saturated rings. The molecule has 0 unspecified atom stereocenters. The summed E-state index contributed by atoms with van der Waals surface area (Å²) in [7, 11) is 0. The van der Waals surface area contributed by atoms with E-state index in [9.17, 15) is 0 Å². The van der Waals surface area contributed by atoms with E-state index in [1.807, 2.05) is 18.2 Å². The van der Waals surface area contributed by atoms with Crippen LogP contribution in [0.25, 0.3) is 16.8 Å². The molecule has 0 aliphatic carbocycles. The predicted molar refractivity (Wildman–Crippen MR) is 89.9 cm³/mol. The van der Waals surface area contributed by atoms with E-state index in [4.69, 9.17) is 16.0 Å². The maximum Gasteiger partial charge on any atom is 0.257 e. The summed E-state index contributed by atoms with van der Waals surface area (Å²) in [6, 6.07) is 13.6. The maximum absolute atomic E-state index is 5.96. The lowest BCUT2D eigenvalue weighted by Crippen LogP contribution is -1.94. The highest BCUT2D eigenvalue weighted by atomic mass is 35.5. The molecule has 0 saturated carbocycles. The Morgan fingerprint density at radius 1 is 1.13 bits per heavy atom. The fourth-order valence-electron chi connectivity index (χ4n) is 2.17. The number of benzene rings is 2. The van der Waals surface area contributed by atoms with E-state index >= 15 is 0 Å². The van der Waals surface area contributed by atoms with Gasteiger partial charge in [-0.1, -0.05) is 35.5 Å². The van der Waals surface area contributed by atoms with Gasteiger partial charge in [0.1, 0.15) is 18.2 Å². The first-order valence-corrected chi connectivity index (χ1v) is 8.27. The van der Waals surface area contributed by atoms with Crippen LogP contribution in [0.3, 0.4) is 0 Å². The molecule has 4 rings (SSSR count). The smallest absolute Gasteiger partial charge is 0.257 e. The van der Waals surface area contributed by atoms with Crippen molar-refractivity contribution in [3.8, 4) is 5.69 Å². The summed E-state index contributed by atoms with van der Waals surface area (Å²) in [6.07, 6.45) is 3.19. The van der Waals surface area contributed by atoms with Gasteiger partial charge in [0, 0.05) is 10.8 Å². The summed E-state index contributed by atoms with van der Waals surface area (Å²) < 4.78 is 7.42. The van der Waals surface area contributed by atoms with Crippen molar-refractivity contribution in [3.05, 3.63) is 65.7 Å². The zero-order valence-corrected chi connectivity index (χ0v) is 13.5. The van der Waals surface area contributed by atoms with Crippen molar-refractivity contribution in [3.63, 3.8) is 0 Å². The largest absolute Gasteiger partial charge is 0.431 e. The van der Waals surface area contributed by atoms with Gasteiger partial charge >= 0.3 is 0 Å². The molecule has 7 heteroatoms. The van der Waals surface area contributed by atoms with Crippen molar-refractivity contribution in [2.24, 2.45) is 0 Å². The third kappa shape index (κ3) is 3.09. The Labute approximate surface area is 141 Å². The van der Waals surface area contributed by atoms with Gasteiger partial charge < -0.3 is 4.42 Å². The highest BCUT2D eigenvalue weighted by molar-refractivity contribution is 7.98. The third-order valence-electron chi connectivity index (χ3n) is 3.31. The second-order valence-electron chi connectivity index (χ2n) is 4.89. The lowest BCUT2D eigenvalue weighted by Gasteiger charge is -2.02. The van der Waals surface area contributed by atoms with Crippen molar-refractivity contribution in [1.82, 2.24) is 19.7 Å². The Balaban J connectivity index is 1.47. The topological polar surface area (TPSA) is 56.7 Å². The quantitative estimate of drug-likeness (QED) is 0.516. The zero-order chi connectivity index (χ0) is 15.6. The molecule has 2 heterocycles. The summed E-state index contributed by atoms with van der Waals surface area (Å²) in [5.74, 6) is 0.776. The Hall–Kier alpha value is -2.31. The van der Waals surface area contributed by atoms with E-state index in [0.717, 1.165) is 22.5 Å². The van der Waals surface area contributed by atoms with Crippen LogP contribution < -0.4 is 0 Å². The number of aromatic nitrogens is 4. The Morgan fingerprint density at radius 3 is 2.78 bits per heavy atom. The Bertz CT molecular complexity index is 935. The number of thioether (sulfide) groups is 1. The molecule has 2 aromatic heterocycles. The Kier molecular flexibility index (Phi) is 3.77. The molecule has 114 valence electrons. The van der Waals surface area contributed by atoms with Crippen LogP contribution in [-0.2, 0) is 5.75 Å². The molecule has 0 atom stereocenters. The highest BCUT2D eigenvalue weighted by Gasteiger charge is 2.07. The first-order valence-electron chi connectivity index (χ1n) is 6.91. The number of oxazole rings is 1. The average Bonchev–Trinajstić information content (AvgIpc) is 3.22. The number of rotatable bonds is 4. The van der Waals surface area contributed by atoms with E-state index in [2.05, 4.69) is 27.2 Å². The molecule has 0 radical (unpaired) electrons. The normalized spacial score (nSPS) is 11.2. The Morgan fingerprint density at radius 2 is 2.00 bits per heavy atom. The van der Waals surface area contributed by atoms with Crippen LogP contribution in [0.15, 0.2) is 64.8 Å². The lowest BCUT2D eigenvalue weighted by molar-refractivity contribution is 0.489. The number of nitrogens with zero attached hydrogens (tertiary/aromatic N) is 4. The van der Waals surface area contributed by atoms with Crippen molar-refractivity contribution in [2.75, 3.05) is 0 Å². The molecule has 4 aromatic rings. The molecule has 5 nitrogen and oxygen atoms in total. The number of halogens is 1. The van der Waals surface area contributed by atoms with E-state index in [1.165, 1.54) is 11.9 Å². The van der Waals surface area contributed by atoms with E-state index < -0.39 is 0 Å². The van der Waals surface area contributed by atoms with Crippen LogP contribution in [0, 0.1) is 0 Å². The average molecular weight is 343 g/mol. The SMILES string of the molecule is Clc1ccc2oc(SCc3ccc(-n4cncn4)cc3)nc2c1. The van der Waals surface area contributed by atoms with E-state index in [1.54, 1.807) is 34.9 Å². The second-order valence-corrected chi connectivity index (χ2v) is 6.25. The molecule has 0 amide bonds. The number of hydrogen-bond acceptors (Lipinski definition) is 5. The van der Waals surface area contributed by atoms with E-state index in [0.29, 0.717) is 10.2 Å². The van der Waals surface area contributed by atoms with Gasteiger partial charge in [-0.15, -0.1) is 0 Å². The van der Waals surface area contributed by atoms with Crippen molar-refractivity contribution in [2.45, 2.75) is 11.0 Å². The minimum atomic E-state index is 0.641. The van der Waals surface area contributed by atoms with Gasteiger partial charge in [-0.05, 0) is 35.9 Å². The minimum Gasteiger partial charge on any atom is -0.431 e. The maximum atomic E-state index is 5.96. The fraction of sp³-hybridized carbons (Fsp3) is 0.0625. The lowest BCUT2D eigenvalue weighted by atomic mass is 10.2. The van der Waals surface area contributed by atoms with Crippen LogP contribution >= 0.6 is 23.4 Å². The van der Waals surface area contributed by atoms with Crippen LogP contribution in [0.2, 0.25) is 5.02 Å². The summed E-state index contributed by atoms with van der Waals surface area (Å²) in [5.41, 5.74) is 3.69. The molecular formula is C16H11ClN4OS. The highest BCUT2D eigenvalue weighted by Crippen LogP contribution is 2.27. The summed E-state index contributed by atoms with van der Waals surface area (Å²) in [6.45, 7) is 0. The van der Waals surface area contributed by atoms with Crippen molar-refractivity contribution >= 4 is 34.5 Å². The summed E-state index contributed by atoms with van der Waals surface area (Å²) in [5, 5.41) is 5.41. The van der Waals surface area contributed by atoms with Gasteiger partial charge in [-0.25, -0.2) is 14.6 Å². The fourth-order valence-corrected chi connectivity index (χ4v) is 3.13. The molecule has 0 N–H and O–H groups in total. The van der Waals surface area contributed by atoms with Crippen LogP contribution in [-0.4, -0.2) is 19.7 Å². The summed E-state index contributed by atoms with van der Waals surface area (Å²) >= 11 is 7.51.